The Balaban J connectivity index is 1.29. The molecular formula is C30H37N7O4. The fraction of sp³-hybridized carbons (Fsp3) is 0.433. The SMILES string of the molecule is O=C1CN(CCNC2CCOCC2)C(=O)Cc2ccccc2CNC(=O)[C@@H](Cc2cn(Cc3ccccc3)nn2)N1. The summed E-state index contributed by atoms with van der Waals surface area (Å²) >= 11 is 0. The van der Waals surface area contributed by atoms with E-state index in [9.17, 15) is 14.4 Å². The van der Waals surface area contributed by atoms with Gasteiger partial charge in [0, 0.05) is 51.5 Å². The molecular weight excluding hydrogens is 522 g/mol. The summed E-state index contributed by atoms with van der Waals surface area (Å²) in [5.41, 5.74) is 3.37. The summed E-state index contributed by atoms with van der Waals surface area (Å²) < 4.78 is 7.14. The van der Waals surface area contributed by atoms with E-state index in [0.717, 1.165) is 42.7 Å². The highest BCUT2D eigenvalue weighted by atomic mass is 16.5. The van der Waals surface area contributed by atoms with Crippen LogP contribution in [0.25, 0.3) is 0 Å². The van der Waals surface area contributed by atoms with Crippen LogP contribution < -0.4 is 16.0 Å². The van der Waals surface area contributed by atoms with Crippen molar-refractivity contribution in [3.8, 4) is 0 Å². The summed E-state index contributed by atoms with van der Waals surface area (Å²) in [6.07, 6.45) is 3.97. The van der Waals surface area contributed by atoms with Crippen molar-refractivity contribution in [1.29, 1.82) is 0 Å². The third kappa shape index (κ3) is 8.21. The molecule has 3 amide bonds. The predicted octanol–water partition coefficient (Wildman–Crippen LogP) is 0.823. The number of fused-ring (bicyclic) bond motifs is 1. The van der Waals surface area contributed by atoms with Gasteiger partial charge in [-0.25, -0.2) is 4.68 Å². The van der Waals surface area contributed by atoms with Crippen molar-refractivity contribution in [2.45, 2.75) is 50.9 Å². The van der Waals surface area contributed by atoms with Gasteiger partial charge in [-0.1, -0.05) is 59.8 Å². The van der Waals surface area contributed by atoms with E-state index >= 15 is 0 Å². The van der Waals surface area contributed by atoms with Crippen molar-refractivity contribution in [3.05, 3.63) is 83.2 Å². The van der Waals surface area contributed by atoms with Gasteiger partial charge in [-0.3, -0.25) is 14.4 Å². The molecule has 1 aromatic heterocycles. The Labute approximate surface area is 239 Å². The van der Waals surface area contributed by atoms with Crippen LogP contribution in [0.5, 0.6) is 0 Å². The van der Waals surface area contributed by atoms with Crippen LogP contribution in [0.3, 0.4) is 0 Å². The monoisotopic (exact) mass is 559 g/mol. The van der Waals surface area contributed by atoms with E-state index in [2.05, 4.69) is 26.3 Å². The first-order valence-corrected chi connectivity index (χ1v) is 14.2. The molecule has 3 heterocycles. The van der Waals surface area contributed by atoms with Crippen molar-refractivity contribution >= 4 is 17.7 Å². The van der Waals surface area contributed by atoms with Gasteiger partial charge >= 0.3 is 0 Å². The molecule has 0 radical (unpaired) electrons. The number of aromatic nitrogens is 3. The highest BCUT2D eigenvalue weighted by molar-refractivity contribution is 5.91. The zero-order valence-electron chi connectivity index (χ0n) is 23.1. The summed E-state index contributed by atoms with van der Waals surface area (Å²) in [7, 11) is 0. The van der Waals surface area contributed by atoms with Crippen LogP contribution in [0, 0.1) is 0 Å². The van der Waals surface area contributed by atoms with E-state index in [-0.39, 0.29) is 37.7 Å². The van der Waals surface area contributed by atoms with Crippen molar-refractivity contribution in [2.75, 3.05) is 32.8 Å². The van der Waals surface area contributed by atoms with E-state index in [0.29, 0.717) is 31.4 Å². The van der Waals surface area contributed by atoms with Crippen molar-refractivity contribution < 1.29 is 19.1 Å². The van der Waals surface area contributed by atoms with Gasteiger partial charge in [0.25, 0.3) is 0 Å². The van der Waals surface area contributed by atoms with E-state index in [1.54, 1.807) is 15.8 Å². The smallest absolute Gasteiger partial charge is 0.243 e. The van der Waals surface area contributed by atoms with Crippen LogP contribution >= 0.6 is 0 Å². The largest absolute Gasteiger partial charge is 0.381 e. The molecule has 2 aromatic carbocycles. The van der Waals surface area contributed by atoms with E-state index in [1.165, 1.54) is 0 Å². The van der Waals surface area contributed by atoms with E-state index in [4.69, 9.17) is 4.74 Å². The minimum absolute atomic E-state index is 0.131. The van der Waals surface area contributed by atoms with Crippen LogP contribution in [-0.4, -0.2) is 82.5 Å². The fourth-order valence-corrected chi connectivity index (χ4v) is 5.19. The lowest BCUT2D eigenvalue weighted by Gasteiger charge is -2.28. The first-order chi connectivity index (χ1) is 20.0. The standard InChI is InChI=1S/C30H37N7O4/c38-28-21-36(13-12-31-25-10-14-41-15-11-25)29(39)16-23-8-4-5-9-24(23)18-32-30(40)27(33-28)17-26-20-37(35-34-26)19-22-6-2-1-3-7-22/h1-9,20,25,27,31H,10-19,21H2,(H,32,40)(H,33,38)/t27-/m1/s1. The molecule has 0 bridgehead atoms. The summed E-state index contributed by atoms with van der Waals surface area (Å²) in [5, 5.41) is 17.7. The molecule has 0 spiro atoms. The van der Waals surface area contributed by atoms with Gasteiger partial charge in [0.2, 0.25) is 17.7 Å². The molecule has 0 saturated carbocycles. The Kier molecular flexibility index (Phi) is 9.71. The minimum atomic E-state index is -0.867. The Morgan fingerprint density at radius 1 is 0.976 bits per heavy atom. The maximum Gasteiger partial charge on any atom is 0.243 e. The summed E-state index contributed by atoms with van der Waals surface area (Å²) in [5.74, 6) is -0.839. The average Bonchev–Trinajstić information content (AvgIpc) is 3.42. The molecule has 0 aliphatic carbocycles. The lowest BCUT2D eigenvalue weighted by atomic mass is 10.0. The molecule has 2 aliphatic heterocycles. The first-order valence-electron chi connectivity index (χ1n) is 14.2. The minimum Gasteiger partial charge on any atom is -0.381 e. The number of nitrogens with zero attached hydrogens (tertiary/aromatic N) is 4. The van der Waals surface area contributed by atoms with E-state index < -0.39 is 11.9 Å². The van der Waals surface area contributed by atoms with Gasteiger partial charge in [0.15, 0.2) is 0 Å². The van der Waals surface area contributed by atoms with Crippen molar-refractivity contribution in [3.63, 3.8) is 0 Å². The van der Waals surface area contributed by atoms with Crippen molar-refractivity contribution in [1.82, 2.24) is 35.8 Å². The molecule has 3 N–H and O–H groups in total. The van der Waals surface area contributed by atoms with Gasteiger partial charge < -0.3 is 25.6 Å². The fourth-order valence-electron chi connectivity index (χ4n) is 5.19. The number of benzene rings is 2. The van der Waals surface area contributed by atoms with Gasteiger partial charge in [0.05, 0.1) is 25.2 Å². The van der Waals surface area contributed by atoms with Crippen LogP contribution in [0.15, 0.2) is 60.8 Å². The van der Waals surface area contributed by atoms with Crippen LogP contribution in [0.1, 0.15) is 35.2 Å². The zero-order chi connectivity index (χ0) is 28.4. The van der Waals surface area contributed by atoms with E-state index in [1.807, 2.05) is 54.6 Å². The highest BCUT2D eigenvalue weighted by Gasteiger charge is 2.27. The van der Waals surface area contributed by atoms with Crippen LogP contribution in [-0.2, 0) is 45.1 Å². The van der Waals surface area contributed by atoms with Gasteiger partial charge in [-0.05, 0) is 29.5 Å². The quantitative estimate of drug-likeness (QED) is 0.373. The zero-order valence-corrected chi connectivity index (χ0v) is 23.1. The maximum atomic E-state index is 13.4. The molecule has 1 atom stereocenters. The molecule has 1 saturated heterocycles. The van der Waals surface area contributed by atoms with Crippen LogP contribution in [0.2, 0.25) is 0 Å². The Bertz CT molecular complexity index is 1320. The summed E-state index contributed by atoms with van der Waals surface area (Å²) in [4.78, 5) is 41.5. The summed E-state index contributed by atoms with van der Waals surface area (Å²) in [6.45, 7) is 3.07. The Morgan fingerprint density at radius 3 is 2.54 bits per heavy atom. The normalized spacial score (nSPS) is 19.1. The Hall–Kier alpha value is -4.09. The molecule has 5 rings (SSSR count). The summed E-state index contributed by atoms with van der Waals surface area (Å²) in [6, 6.07) is 16.9. The number of nitrogens with one attached hydrogen (secondary N) is 3. The maximum absolute atomic E-state index is 13.4. The molecule has 41 heavy (non-hydrogen) atoms. The first kappa shape index (κ1) is 28.4. The molecule has 3 aromatic rings. The lowest BCUT2D eigenvalue weighted by Crippen LogP contribution is -2.52. The molecule has 11 heteroatoms. The average molecular weight is 560 g/mol. The lowest BCUT2D eigenvalue weighted by molar-refractivity contribution is -0.136. The number of hydrogen-bond donors (Lipinski definition) is 3. The molecule has 2 aliphatic rings. The number of hydrogen-bond acceptors (Lipinski definition) is 7. The van der Waals surface area contributed by atoms with Crippen LogP contribution in [0.4, 0.5) is 0 Å². The molecule has 0 unspecified atom stereocenters. The predicted molar refractivity (Wildman–Crippen MR) is 152 cm³/mol. The number of carbonyl (C=O) groups excluding carboxylic acids is 3. The van der Waals surface area contributed by atoms with Gasteiger partial charge in [-0.15, -0.1) is 5.10 Å². The second-order valence-electron chi connectivity index (χ2n) is 10.5. The number of ether oxygens (including phenoxy) is 1. The molecule has 1 fully saturated rings. The third-order valence-electron chi connectivity index (χ3n) is 7.47. The number of rotatable bonds is 8. The second kappa shape index (κ2) is 14.0. The molecule has 216 valence electrons. The van der Waals surface area contributed by atoms with Gasteiger partial charge in [-0.2, -0.15) is 0 Å². The number of amides is 3. The topological polar surface area (TPSA) is 130 Å². The second-order valence-corrected chi connectivity index (χ2v) is 10.5. The Morgan fingerprint density at radius 2 is 1.73 bits per heavy atom. The third-order valence-corrected chi connectivity index (χ3v) is 7.47. The van der Waals surface area contributed by atoms with Gasteiger partial charge in [0.1, 0.15) is 6.04 Å². The number of carbonyl (C=O) groups is 3. The molecule has 11 nitrogen and oxygen atoms in total. The van der Waals surface area contributed by atoms with Crippen molar-refractivity contribution in [2.24, 2.45) is 0 Å². The highest BCUT2D eigenvalue weighted by Crippen LogP contribution is 2.13.